The molecular weight excluding hydrogens is 350 g/mol. The molecule has 0 saturated carbocycles. The zero-order valence-electron chi connectivity index (χ0n) is 11.4. The van der Waals surface area contributed by atoms with Crippen LogP contribution in [0.3, 0.4) is 0 Å². The van der Waals surface area contributed by atoms with E-state index in [9.17, 15) is 18.0 Å². The second-order valence-electron chi connectivity index (χ2n) is 3.74. The van der Waals surface area contributed by atoms with Gasteiger partial charge in [-0.05, 0) is 6.07 Å². The summed E-state index contributed by atoms with van der Waals surface area (Å²) in [5.41, 5.74) is 5.61. The Hall–Kier alpha value is -1.29. The molecule has 1 unspecified atom stereocenters. The molecule has 0 fully saturated rings. The number of carbonyl (C=O) groups is 1. The molecule has 1 amide bonds. The van der Waals surface area contributed by atoms with Crippen molar-refractivity contribution in [1.82, 2.24) is 4.98 Å². The number of nitrogens with two attached hydrogens (primary N) is 1. The number of pyridine rings is 1. The number of carbonyl (C=O) groups excluding carboxylic acids is 1. The molecule has 1 rings (SSSR count). The highest BCUT2D eigenvalue weighted by atomic mass is 35.5. The number of hydrogen-bond acceptors (Lipinski definition) is 5. The number of amides is 1. The summed E-state index contributed by atoms with van der Waals surface area (Å²) in [6, 6.07) is 2.57. The first-order chi connectivity index (χ1) is 9.35. The molecule has 0 aliphatic rings. The van der Waals surface area contributed by atoms with Crippen LogP contribution in [-0.4, -0.2) is 43.4 Å². The van der Waals surface area contributed by atoms with Crippen LogP contribution < -0.4 is 15.8 Å². The van der Waals surface area contributed by atoms with Gasteiger partial charge in [-0.25, -0.2) is 4.98 Å². The molecule has 1 aromatic heterocycles. The summed E-state index contributed by atoms with van der Waals surface area (Å²) < 4.78 is 45.0. The van der Waals surface area contributed by atoms with Crippen molar-refractivity contribution in [2.45, 2.75) is 12.3 Å². The number of halogens is 5. The highest BCUT2D eigenvalue weighted by molar-refractivity contribution is 5.94. The normalized spacial score (nSPS) is 11.7. The maximum Gasteiger partial charge on any atom is 0.422 e. The van der Waals surface area contributed by atoms with Crippen LogP contribution in [0.5, 0.6) is 5.88 Å². The van der Waals surface area contributed by atoms with Gasteiger partial charge in [-0.3, -0.25) is 4.79 Å². The first-order valence-corrected chi connectivity index (χ1v) is 5.55. The van der Waals surface area contributed by atoms with Gasteiger partial charge in [0.25, 0.3) is 5.91 Å². The number of nitrogens with zero attached hydrogens (tertiary/aromatic N) is 1. The number of methoxy groups -OCH3 is 1. The fourth-order valence-electron chi connectivity index (χ4n) is 1.23. The first kappa shape index (κ1) is 23.0. The molecule has 11 heteroatoms. The molecule has 128 valence electrons. The van der Waals surface area contributed by atoms with Crippen LogP contribution in [-0.2, 0) is 9.53 Å². The first-order valence-electron chi connectivity index (χ1n) is 5.55. The Bertz CT molecular complexity index is 442. The highest BCUT2D eigenvalue weighted by Gasteiger charge is 2.28. The van der Waals surface area contributed by atoms with E-state index in [4.69, 9.17) is 10.5 Å². The van der Waals surface area contributed by atoms with Crippen molar-refractivity contribution < 1.29 is 27.4 Å². The van der Waals surface area contributed by atoms with Gasteiger partial charge in [0.15, 0.2) is 6.61 Å². The van der Waals surface area contributed by atoms with Crippen LogP contribution in [0.4, 0.5) is 18.9 Å². The van der Waals surface area contributed by atoms with E-state index in [1.165, 1.54) is 25.4 Å². The lowest BCUT2D eigenvalue weighted by molar-refractivity contribution is -0.154. The number of ether oxygens (including phenoxy) is 2. The minimum absolute atomic E-state index is 0. The Balaban J connectivity index is 0. The van der Waals surface area contributed by atoms with Crippen molar-refractivity contribution in [3.05, 3.63) is 18.3 Å². The van der Waals surface area contributed by atoms with Gasteiger partial charge in [-0.15, -0.1) is 24.8 Å². The van der Waals surface area contributed by atoms with Crippen LogP contribution in [0.1, 0.15) is 0 Å². The average molecular weight is 366 g/mol. The molecule has 0 bridgehead atoms. The number of alkyl halides is 3. The molecule has 6 nitrogen and oxygen atoms in total. The van der Waals surface area contributed by atoms with Crippen molar-refractivity contribution in [1.29, 1.82) is 0 Å². The molecule has 1 aromatic rings. The van der Waals surface area contributed by atoms with E-state index in [0.717, 1.165) is 0 Å². The number of anilines is 1. The lowest BCUT2D eigenvalue weighted by atomic mass is 10.3. The van der Waals surface area contributed by atoms with Crippen molar-refractivity contribution in [3.8, 4) is 5.88 Å². The van der Waals surface area contributed by atoms with Gasteiger partial charge in [0, 0.05) is 19.7 Å². The number of aromatic nitrogens is 1. The molecule has 0 aliphatic carbocycles. The van der Waals surface area contributed by atoms with Crippen LogP contribution in [0.2, 0.25) is 0 Å². The molecular formula is C11H16Cl2F3N3O3. The van der Waals surface area contributed by atoms with Crippen molar-refractivity contribution in [3.63, 3.8) is 0 Å². The molecule has 0 saturated heterocycles. The molecule has 0 aliphatic heterocycles. The minimum Gasteiger partial charge on any atom is -0.468 e. The summed E-state index contributed by atoms with van der Waals surface area (Å²) in [6.07, 6.45) is -4.06. The molecule has 0 aromatic carbocycles. The Morgan fingerprint density at radius 1 is 1.41 bits per heavy atom. The summed E-state index contributed by atoms with van der Waals surface area (Å²) >= 11 is 0. The third-order valence-corrected chi connectivity index (χ3v) is 2.18. The van der Waals surface area contributed by atoms with Crippen LogP contribution in [0, 0.1) is 0 Å². The lowest BCUT2D eigenvalue weighted by Crippen LogP contribution is -2.35. The predicted molar refractivity (Wildman–Crippen MR) is 78.8 cm³/mol. The fourth-order valence-corrected chi connectivity index (χ4v) is 1.23. The predicted octanol–water partition coefficient (Wildman–Crippen LogP) is 1.78. The summed E-state index contributed by atoms with van der Waals surface area (Å²) in [5, 5.41) is 2.46. The minimum atomic E-state index is -4.43. The fraction of sp³-hybridized carbons (Fsp3) is 0.455. The van der Waals surface area contributed by atoms with E-state index in [2.05, 4.69) is 15.0 Å². The summed E-state index contributed by atoms with van der Waals surface area (Å²) in [5.74, 6) is -0.664. The number of nitrogens with one attached hydrogen (secondary N) is 1. The van der Waals surface area contributed by atoms with E-state index >= 15 is 0 Å². The van der Waals surface area contributed by atoms with Gasteiger partial charge in [0.1, 0.15) is 6.10 Å². The largest absolute Gasteiger partial charge is 0.468 e. The molecule has 3 N–H and O–H groups in total. The number of hydrogen-bond donors (Lipinski definition) is 2. The van der Waals surface area contributed by atoms with Crippen molar-refractivity contribution in [2.24, 2.45) is 5.73 Å². The standard InChI is InChI=1S/C11H14F3N3O3.2ClH/c1-19-8(4-15)10(18)17-7-2-3-9(16-5-7)20-6-11(12,13)14;;/h2-3,5,8H,4,6,15H2,1H3,(H,17,18);2*1H. The third kappa shape index (κ3) is 8.23. The Morgan fingerprint density at radius 3 is 2.45 bits per heavy atom. The van der Waals surface area contributed by atoms with Crippen LogP contribution >= 0.6 is 24.8 Å². The zero-order chi connectivity index (χ0) is 15.2. The van der Waals surface area contributed by atoms with Gasteiger partial charge >= 0.3 is 6.18 Å². The van der Waals surface area contributed by atoms with E-state index < -0.39 is 24.8 Å². The lowest BCUT2D eigenvalue weighted by Gasteiger charge is -2.13. The van der Waals surface area contributed by atoms with Crippen molar-refractivity contribution >= 4 is 36.4 Å². The Kier molecular flexibility index (Phi) is 10.9. The summed E-state index contributed by atoms with van der Waals surface area (Å²) in [7, 11) is 1.34. The van der Waals surface area contributed by atoms with Gasteiger partial charge in [-0.2, -0.15) is 13.2 Å². The summed E-state index contributed by atoms with van der Waals surface area (Å²) in [6.45, 7) is -1.42. The van der Waals surface area contributed by atoms with Crippen molar-refractivity contribution in [2.75, 3.05) is 25.6 Å². The summed E-state index contributed by atoms with van der Waals surface area (Å²) in [4.78, 5) is 15.2. The van der Waals surface area contributed by atoms with Crippen LogP contribution in [0.15, 0.2) is 18.3 Å². The van der Waals surface area contributed by atoms with Gasteiger partial charge < -0.3 is 20.5 Å². The second-order valence-corrected chi connectivity index (χ2v) is 3.74. The second kappa shape index (κ2) is 10.4. The zero-order valence-corrected chi connectivity index (χ0v) is 13.1. The maximum atomic E-state index is 11.9. The van der Waals surface area contributed by atoms with Gasteiger partial charge in [-0.1, -0.05) is 0 Å². The molecule has 22 heavy (non-hydrogen) atoms. The molecule has 1 atom stereocenters. The maximum absolute atomic E-state index is 11.9. The van der Waals surface area contributed by atoms with E-state index in [-0.39, 0.29) is 37.2 Å². The SMILES string of the molecule is COC(CN)C(=O)Nc1ccc(OCC(F)(F)F)nc1.Cl.Cl. The number of rotatable bonds is 6. The monoisotopic (exact) mass is 365 g/mol. The quantitative estimate of drug-likeness (QED) is 0.802. The molecule has 1 heterocycles. The third-order valence-electron chi connectivity index (χ3n) is 2.18. The highest BCUT2D eigenvalue weighted by Crippen LogP contribution is 2.18. The van der Waals surface area contributed by atoms with Gasteiger partial charge in [0.05, 0.1) is 11.9 Å². The van der Waals surface area contributed by atoms with E-state index in [1.807, 2.05) is 0 Å². The van der Waals surface area contributed by atoms with Crippen LogP contribution in [0.25, 0.3) is 0 Å². The topological polar surface area (TPSA) is 86.5 Å². The molecule has 0 spiro atoms. The van der Waals surface area contributed by atoms with E-state index in [0.29, 0.717) is 5.69 Å². The Morgan fingerprint density at radius 2 is 2.05 bits per heavy atom. The van der Waals surface area contributed by atoms with Gasteiger partial charge in [0.2, 0.25) is 5.88 Å². The molecule has 0 radical (unpaired) electrons. The smallest absolute Gasteiger partial charge is 0.422 e. The van der Waals surface area contributed by atoms with E-state index in [1.54, 1.807) is 0 Å². The average Bonchev–Trinajstić information content (AvgIpc) is 2.38. The Labute approximate surface area is 137 Å².